The first-order valence-corrected chi connectivity index (χ1v) is 6.38. The van der Waals surface area contributed by atoms with E-state index in [2.05, 4.69) is 11.1 Å². The van der Waals surface area contributed by atoms with Crippen molar-refractivity contribution in [1.82, 2.24) is 4.98 Å². The lowest BCUT2D eigenvalue weighted by Crippen LogP contribution is -1.99. The highest BCUT2D eigenvalue weighted by Crippen LogP contribution is 2.23. The summed E-state index contributed by atoms with van der Waals surface area (Å²) in [4.78, 5) is 4.43. The van der Waals surface area contributed by atoms with Gasteiger partial charge in [0, 0.05) is 17.0 Å². The Morgan fingerprint density at radius 3 is 2.70 bits per heavy atom. The Morgan fingerprint density at radius 2 is 1.90 bits per heavy atom. The highest BCUT2D eigenvalue weighted by molar-refractivity contribution is 5.82. The lowest BCUT2D eigenvalue weighted by molar-refractivity contribution is 0.306. The van der Waals surface area contributed by atoms with Gasteiger partial charge in [0.2, 0.25) is 5.88 Å². The summed E-state index contributed by atoms with van der Waals surface area (Å²) in [6.07, 6.45) is 0. The molecule has 0 amide bonds. The zero-order valence-corrected chi connectivity index (χ0v) is 11.2. The maximum atomic E-state index is 5.80. The van der Waals surface area contributed by atoms with E-state index in [0.717, 1.165) is 22.2 Å². The van der Waals surface area contributed by atoms with Crippen LogP contribution in [0.3, 0.4) is 0 Å². The monoisotopic (exact) mass is 264 g/mol. The summed E-state index contributed by atoms with van der Waals surface area (Å²) >= 11 is 0. The molecule has 0 N–H and O–H groups in total. The lowest BCUT2D eigenvalue weighted by atomic mass is 10.1. The van der Waals surface area contributed by atoms with Crippen LogP contribution in [-0.4, -0.2) is 12.1 Å². The minimum absolute atomic E-state index is 0.476. The first-order valence-electron chi connectivity index (χ1n) is 6.38. The fourth-order valence-corrected chi connectivity index (χ4v) is 2.07. The number of para-hydroxylation sites is 1. The molecule has 1 aromatic heterocycles. The molecular weight excluding hydrogens is 250 g/mol. The van der Waals surface area contributed by atoms with Crippen LogP contribution in [0.1, 0.15) is 5.56 Å². The third kappa shape index (κ3) is 2.57. The summed E-state index contributed by atoms with van der Waals surface area (Å²) in [6, 6.07) is 20.3. The Hall–Kier alpha value is -2.55. The minimum atomic E-state index is 0.476. The van der Waals surface area contributed by atoms with Gasteiger partial charge < -0.3 is 9.47 Å². The zero-order valence-electron chi connectivity index (χ0n) is 11.2. The molecule has 99 valence electrons. The first kappa shape index (κ1) is 12.5. The molecule has 3 aromatic rings. The summed E-state index contributed by atoms with van der Waals surface area (Å²) in [5.41, 5.74) is 1.96. The normalized spacial score (nSPS) is 10.4. The van der Waals surface area contributed by atoms with Gasteiger partial charge in [-0.15, -0.1) is 0 Å². The maximum Gasteiger partial charge on any atom is 0.213 e. The van der Waals surface area contributed by atoms with E-state index in [0.29, 0.717) is 12.5 Å². The SMILES string of the molecule is COc1cc(COc2cc[c]cc2)c2ccccc2n1. The summed E-state index contributed by atoms with van der Waals surface area (Å²) in [6.45, 7) is 0.476. The third-order valence-electron chi connectivity index (χ3n) is 3.07. The fraction of sp³-hybridized carbons (Fsp3) is 0.118. The fourth-order valence-electron chi connectivity index (χ4n) is 2.07. The van der Waals surface area contributed by atoms with E-state index >= 15 is 0 Å². The molecule has 20 heavy (non-hydrogen) atoms. The highest BCUT2D eigenvalue weighted by atomic mass is 16.5. The van der Waals surface area contributed by atoms with Gasteiger partial charge in [-0.3, -0.25) is 0 Å². The van der Waals surface area contributed by atoms with Crippen molar-refractivity contribution in [3.05, 3.63) is 66.2 Å². The number of fused-ring (bicyclic) bond motifs is 1. The van der Waals surface area contributed by atoms with Gasteiger partial charge in [-0.2, -0.15) is 0 Å². The van der Waals surface area contributed by atoms with Gasteiger partial charge in [0.25, 0.3) is 0 Å². The van der Waals surface area contributed by atoms with Crippen LogP contribution in [0.2, 0.25) is 0 Å². The van der Waals surface area contributed by atoms with Gasteiger partial charge in [-0.25, -0.2) is 4.98 Å². The largest absolute Gasteiger partial charge is 0.489 e. The molecule has 0 saturated heterocycles. The molecule has 0 unspecified atom stereocenters. The van der Waals surface area contributed by atoms with Crippen molar-refractivity contribution in [1.29, 1.82) is 0 Å². The second-order valence-electron chi connectivity index (χ2n) is 4.37. The van der Waals surface area contributed by atoms with Crippen molar-refractivity contribution in [2.45, 2.75) is 6.61 Å². The van der Waals surface area contributed by atoms with Crippen LogP contribution in [0.4, 0.5) is 0 Å². The predicted octanol–water partition coefficient (Wildman–Crippen LogP) is 3.62. The number of aromatic nitrogens is 1. The van der Waals surface area contributed by atoms with Crippen molar-refractivity contribution in [3.63, 3.8) is 0 Å². The van der Waals surface area contributed by atoms with Crippen LogP contribution in [-0.2, 0) is 6.61 Å². The Morgan fingerprint density at radius 1 is 1.10 bits per heavy atom. The molecule has 0 aliphatic rings. The Bertz CT molecular complexity index is 711. The number of benzene rings is 2. The van der Waals surface area contributed by atoms with Gasteiger partial charge in [0.15, 0.2) is 0 Å². The van der Waals surface area contributed by atoms with Gasteiger partial charge in [-0.1, -0.05) is 30.3 Å². The Balaban J connectivity index is 1.93. The molecule has 3 nitrogen and oxygen atoms in total. The maximum absolute atomic E-state index is 5.80. The van der Waals surface area contributed by atoms with Crippen LogP contribution >= 0.6 is 0 Å². The molecular formula is C17H14NO2. The van der Waals surface area contributed by atoms with Crippen molar-refractivity contribution in [2.75, 3.05) is 7.11 Å². The van der Waals surface area contributed by atoms with E-state index in [1.165, 1.54) is 0 Å². The number of hydrogen-bond donors (Lipinski definition) is 0. The summed E-state index contributed by atoms with van der Waals surface area (Å²) in [7, 11) is 1.62. The second kappa shape index (κ2) is 5.61. The molecule has 3 rings (SSSR count). The van der Waals surface area contributed by atoms with Gasteiger partial charge in [0.1, 0.15) is 12.4 Å². The van der Waals surface area contributed by atoms with Crippen molar-refractivity contribution in [2.24, 2.45) is 0 Å². The standard InChI is InChI=1S/C17H14NO2/c1-19-17-11-13(12-20-14-7-3-2-4-8-14)15-9-5-6-10-16(15)18-17/h3-11H,12H2,1H3. The van der Waals surface area contributed by atoms with Crippen molar-refractivity contribution < 1.29 is 9.47 Å². The van der Waals surface area contributed by atoms with Crippen molar-refractivity contribution in [3.8, 4) is 11.6 Å². The van der Waals surface area contributed by atoms with Crippen LogP contribution in [0.25, 0.3) is 10.9 Å². The van der Waals surface area contributed by atoms with Gasteiger partial charge >= 0.3 is 0 Å². The molecule has 0 fully saturated rings. The number of nitrogens with zero attached hydrogens (tertiary/aromatic N) is 1. The third-order valence-corrected chi connectivity index (χ3v) is 3.07. The van der Waals surface area contributed by atoms with Crippen LogP contribution in [0, 0.1) is 6.07 Å². The topological polar surface area (TPSA) is 31.4 Å². The van der Waals surface area contributed by atoms with Crippen LogP contribution in [0.15, 0.2) is 54.6 Å². The molecule has 2 aromatic carbocycles. The van der Waals surface area contributed by atoms with E-state index in [1.807, 2.05) is 54.6 Å². The van der Waals surface area contributed by atoms with E-state index in [9.17, 15) is 0 Å². The second-order valence-corrected chi connectivity index (χ2v) is 4.37. The van der Waals surface area contributed by atoms with Crippen LogP contribution in [0.5, 0.6) is 11.6 Å². The van der Waals surface area contributed by atoms with E-state index in [1.54, 1.807) is 7.11 Å². The number of hydrogen-bond acceptors (Lipinski definition) is 3. The Kier molecular flexibility index (Phi) is 3.50. The first-order chi connectivity index (χ1) is 9.86. The molecule has 0 bridgehead atoms. The summed E-state index contributed by atoms with van der Waals surface area (Å²) in [5, 5.41) is 1.08. The predicted molar refractivity (Wildman–Crippen MR) is 77.9 cm³/mol. The smallest absolute Gasteiger partial charge is 0.213 e. The molecule has 0 aliphatic carbocycles. The summed E-state index contributed by atoms with van der Waals surface area (Å²) < 4.78 is 11.0. The average molecular weight is 264 g/mol. The molecule has 0 atom stereocenters. The number of methoxy groups -OCH3 is 1. The Labute approximate surface area is 117 Å². The van der Waals surface area contributed by atoms with E-state index in [-0.39, 0.29) is 0 Å². The lowest BCUT2D eigenvalue weighted by Gasteiger charge is -2.10. The quantitative estimate of drug-likeness (QED) is 0.721. The van der Waals surface area contributed by atoms with Gasteiger partial charge in [0.05, 0.1) is 12.6 Å². The molecule has 0 spiro atoms. The van der Waals surface area contributed by atoms with Crippen LogP contribution < -0.4 is 9.47 Å². The zero-order chi connectivity index (χ0) is 13.8. The summed E-state index contributed by atoms with van der Waals surface area (Å²) in [5.74, 6) is 1.42. The molecule has 3 heteroatoms. The number of ether oxygens (including phenoxy) is 2. The van der Waals surface area contributed by atoms with Crippen molar-refractivity contribution >= 4 is 10.9 Å². The van der Waals surface area contributed by atoms with E-state index < -0.39 is 0 Å². The van der Waals surface area contributed by atoms with E-state index in [4.69, 9.17) is 9.47 Å². The molecule has 1 heterocycles. The van der Waals surface area contributed by atoms with Gasteiger partial charge in [-0.05, 0) is 24.3 Å². The number of pyridine rings is 1. The minimum Gasteiger partial charge on any atom is -0.489 e. The molecule has 0 saturated carbocycles. The molecule has 0 aliphatic heterocycles. The highest BCUT2D eigenvalue weighted by Gasteiger charge is 2.06. The average Bonchev–Trinajstić information content (AvgIpc) is 2.53. The molecule has 1 radical (unpaired) electrons. The number of rotatable bonds is 4.